The van der Waals surface area contributed by atoms with E-state index < -0.39 is 5.91 Å². The lowest BCUT2D eigenvalue weighted by atomic mass is 10.1. The van der Waals surface area contributed by atoms with Crippen LogP contribution >= 0.6 is 0 Å². The molecule has 0 fully saturated rings. The van der Waals surface area contributed by atoms with Gasteiger partial charge in [-0.15, -0.1) is 0 Å². The van der Waals surface area contributed by atoms with Crippen LogP contribution in [0.2, 0.25) is 0 Å². The molecule has 0 bridgehead atoms. The van der Waals surface area contributed by atoms with Crippen LogP contribution in [-0.4, -0.2) is 17.6 Å². The first-order valence-corrected chi connectivity index (χ1v) is 7.38. The number of carbonyl (C=O) groups is 1. The zero-order valence-electron chi connectivity index (χ0n) is 13.0. The molecule has 0 saturated carbocycles. The molecule has 0 aromatic heterocycles. The predicted octanol–water partition coefficient (Wildman–Crippen LogP) is 3.15. The van der Waals surface area contributed by atoms with E-state index in [1.807, 2.05) is 24.3 Å². The highest BCUT2D eigenvalue weighted by atomic mass is 16.3. The third kappa shape index (κ3) is 4.25. The molecule has 22 heavy (non-hydrogen) atoms. The largest absolute Gasteiger partial charge is 0.508 e. The minimum atomic E-state index is -0.418. The molecule has 116 valence electrons. The molecule has 3 N–H and O–H groups in total. The van der Waals surface area contributed by atoms with Gasteiger partial charge in [0.05, 0.1) is 0 Å². The Morgan fingerprint density at radius 1 is 1.18 bits per heavy atom. The zero-order chi connectivity index (χ0) is 16.1. The number of phenolic OH excluding ortho intramolecular Hbond substituents is 1. The second kappa shape index (κ2) is 6.98. The molecule has 2 aromatic carbocycles. The van der Waals surface area contributed by atoms with Gasteiger partial charge in [0.15, 0.2) is 0 Å². The highest BCUT2D eigenvalue weighted by Gasteiger charge is 2.10. The standard InChI is InChI=1S/C18H22N2O2/c1-13(2)11-20(16-4-3-5-17(21)10-16)12-14-6-8-15(9-7-14)18(19)22/h3-10,13,21H,11-12H2,1-2H3,(H2,19,22). The van der Waals surface area contributed by atoms with Gasteiger partial charge in [0, 0.05) is 30.4 Å². The van der Waals surface area contributed by atoms with Crippen LogP contribution in [0.15, 0.2) is 48.5 Å². The summed E-state index contributed by atoms with van der Waals surface area (Å²) in [5.41, 5.74) is 7.84. The number of hydrogen-bond acceptors (Lipinski definition) is 3. The zero-order valence-corrected chi connectivity index (χ0v) is 13.0. The highest BCUT2D eigenvalue weighted by molar-refractivity contribution is 5.92. The molecule has 0 spiro atoms. The monoisotopic (exact) mass is 298 g/mol. The number of phenols is 1. The molecule has 1 amide bonds. The van der Waals surface area contributed by atoms with Crippen molar-refractivity contribution in [1.29, 1.82) is 0 Å². The molecule has 4 heteroatoms. The summed E-state index contributed by atoms with van der Waals surface area (Å²) in [6.45, 7) is 5.90. The number of aromatic hydroxyl groups is 1. The Labute approximate surface area is 131 Å². The van der Waals surface area contributed by atoms with E-state index in [0.717, 1.165) is 17.8 Å². The fourth-order valence-corrected chi connectivity index (χ4v) is 2.39. The second-order valence-electron chi connectivity index (χ2n) is 5.86. The van der Waals surface area contributed by atoms with E-state index >= 15 is 0 Å². The van der Waals surface area contributed by atoms with Crippen LogP contribution in [0.3, 0.4) is 0 Å². The lowest BCUT2D eigenvalue weighted by molar-refractivity contribution is 0.100. The Morgan fingerprint density at radius 2 is 1.86 bits per heavy atom. The number of carbonyl (C=O) groups excluding carboxylic acids is 1. The van der Waals surface area contributed by atoms with Crippen molar-refractivity contribution in [2.24, 2.45) is 11.7 Å². The summed E-state index contributed by atoms with van der Waals surface area (Å²) >= 11 is 0. The third-order valence-electron chi connectivity index (χ3n) is 3.39. The number of primary amides is 1. The minimum absolute atomic E-state index is 0.260. The van der Waals surface area contributed by atoms with Crippen molar-refractivity contribution in [3.05, 3.63) is 59.7 Å². The first-order chi connectivity index (χ1) is 10.5. The predicted molar refractivity (Wildman–Crippen MR) is 89.0 cm³/mol. The Balaban J connectivity index is 2.21. The number of nitrogens with zero attached hydrogens (tertiary/aromatic N) is 1. The third-order valence-corrected chi connectivity index (χ3v) is 3.39. The van der Waals surface area contributed by atoms with Crippen molar-refractivity contribution >= 4 is 11.6 Å². The topological polar surface area (TPSA) is 66.6 Å². The number of amides is 1. The summed E-state index contributed by atoms with van der Waals surface area (Å²) in [6.07, 6.45) is 0. The van der Waals surface area contributed by atoms with Crippen LogP contribution in [0.4, 0.5) is 5.69 Å². The van der Waals surface area contributed by atoms with E-state index in [9.17, 15) is 9.90 Å². The average molecular weight is 298 g/mol. The van der Waals surface area contributed by atoms with Gasteiger partial charge >= 0.3 is 0 Å². The molecule has 0 atom stereocenters. The number of benzene rings is 2. The van der Waals surface area contributed by atoms with Crippen LogP contribution in [-0.2, 0) is 6.54 Å². The molecule has 2 aromatic rings. The molecule has 0 radical (unpaired) electrons. The SMILES string of the molecule is CC(C)CN(Cc1ccc(C(N)=O)cc1)c1cccc(O)c1. The van der Waals surface area contributed by atoms with E-state index in [1.165, 1.54) is 0 Å². The van der Waals surface area contributed by atoms with Gasteiger partial charge in [-0.2, -0.15) is 0 Å². The van der Waals surface area contributed by atoms with Crippen molar-refractivity contribution in [2.45, 2.75) is 20.4 Å². The fourth-order valence-electron chi connectivity index (χ4n) is 2.39. The van der Waals surface area contributed by atoms with Gasteiger partial charge in [-0.05, 0) is 35.7 Å². The number of anilines is 1. The van der Waals surface area contributed by atoms with E-state index in [0.29, 0.717) is 18.0 Å². The maximum absolute atomic E-state index is 11.1. The maximum Gasteiger partial charge on any atom is 0.248 e. The van der Waals surface area contributed by atoms with Crippen molar-refractivity contribution in [3.63, 3.8) is 0 Å². The summed E-state index contributed by atoms with van der Waals surface area (Å²) in [7, 11) is 0. The average Bonchev–Trinajstić information content (AvgIpc) is 2.46. The van der Waals surface area contributed by atoms with Gasteiger partial charge in [-0.3, -0.25) is 4.79 Å². The second-order valence-corrected chi connectivity index (χ2v) is 5.86. The molecule has 0 unspecified atom stereocenters. The highest BCUT2D eigenvalue weighted by Crippen LogP contribution is 2.23. The normalized spacial score (nSPS) is 10.7. The smallest absolute Gasteiger partial charge is 0.248 e. The van der Waals surface area contributed by atoms with Gasteiger partial charge in [0.1, 0.15) is 5.75 Å². The van der Waals surface area contributed by atoms with Gasteiger partial charge in [0.2, 0.25) is 5.91 Å². The molecule has 0 heterocycles. The Morgan fingerprint density at radius 3 is 2.41 bits per heavy atom. The van der Waals surface area contributed by atoms with E-state index in [4.69, 9.17) is 5.73 Å². The van der Waals surface area contributed by atoms with Gasteiger partial charge in [-0.1, -0.05) is 32.0 Å². The maximum atomic E-state index is 11.1. The Hall–Kier alpha value is -2.49. The van der Waals surface area contributed by atoms with Gasteiger partial charge in [0.25, 0.3) is 0 Å². The van der Waals surface area contributed by atoms with Crippen molar-refractivity contribution in [1.82, 2.24) is 0 Å². The summed E-state index contributed by atoms with van der Waals surface area (Å²) < 4.78 is 0. The molecule has 0 saturated heterocycles. The van der Waals surface area contributed by atoms with Crippen molar-refractivity contribution in [3.8, 4) is 5.75 Å². The van der Waals surface area contributed by atoms with Crippen molar-refractivity contribution in [2.75, 3.05) is 11.4 Å². The van der Waals surface area contributed by atoms with Crippen LogP contribution in [0.25, 0.3) is 0 Å². The lowest BCUT2D eigenvalue weighted by Gasteiger charge is -2.27. The van der Waals surface area contributed by atoms with Crippen LogP contribution < -0.4 is 10.6 Å². The van der Waals surface area contributed by atoms with Crippen LogP contribution in [0.5, 0.6) is 5.75 Å². The number of hydrogen-bond donors (Lipinski definition) is 2. The molecule has 0 aliphatic carbocycles. The fraction of sp³-hybridized carbons (Fsp3) is 0.278. The first-order valence-electron chi connectivity index (χ1n) is 7.38. The lowest BCUT2D eigenvalue weighted by Crippen LogP contribution is -2.27. The first kappa shape index (κ1) is 15.9. The minimum Gasteiger partial charge on any atom is -0.508 e. The van der Waals surface area contributed by atoms with Crippen molar-refractivity contribution < 1.29 is 9.90 Å². The van der Waals surface area contributed by atoms with Crippen LogP contribution in [0.1, 0.15) is 29.8 Å². The summed E-state index contributed by atoms with van der Waals surface area (Å²) in [5, 5.41) is 9.68. The molecular formula is C18H22N2O2. The van der Waals surface area contributed by atoms with Gasteiger partial charge in [-0.25, -0.2) is 0 Å². The summed E-state index contributed by atoms with van der Waals surface area (Å²) in [6, 6.07) is 14.6. The van der Waals surface area contributed by atoms with E-state index in [-0.39, 0.29) is 5.75 Å². The Kier molecular flexibility index (Phi) is 5.04. The number of rotatable bonds is 6. The molecule has 4 nitrogen and oxygen atoms in total. The molecule has 0 aliphatic rings. The Bertz CT molecular complexity index is 636. The molecular weight excluding hydrogens is 276 g/mol. The molecule has 0 aliphatic heterocycles. The quantitative estimate of drug-likeness (QED) is 0.861. The number of nitrogens with two attached hydrogens (primary N) is 1. The van der Waals surface area contributed by atoms with E-state index in [1.54, 1.807) is 24.3 Å². The van der Waals surface area contributed by atoms with Gasteiger partial charge < -0.3 is 15.7 Å². The molecule has 2 rings (SSSR count). The summed E-state index contributed by atoms with van der Waals surface area (Å²) in [4.78, 5) is 13.3. The van der Waals surface area contributed by atoms with E-state index in [2.05, 4.69) is 18.7 Å². The summed E-state index contributed by atoms with van der Waals surface area (Å²) in [5.74, 6) is 0.334. The van der Waals surface area contributed by atoms with Crippen LogP contribution in [0, 0.1) is 5.92 Å².